The number of benzene rings is 2. The van der Waals surface area contributed by atoms with Gasteiger partial charge in [0.25, 0.3) is 11.5 Å². The molecule has 0 saturated heterocycles. The number of fused-ring (bicyclic) bond motifs is 1. The molecule has 8 nitrogen and oxygen atoms in total. The monoisotopic (exact) mass is 366 g/mol. The van der Waals surface area contributed by atoms with E-state index < -0.39 is 17.6 Å². The van der Waals surface area contributed by atoms with Crippen LogP contribution in [0.2, 0.25) is 0 Å². The minimum absolute atomic E-state index is 0.379. The van der Waals surface area contributed by atoms with E-state index in [-0.39, 0.29) is 12.6 Å². The van der Waals surface area contributed by atoms with Gasteiger partial charge in [0, 0.05) is 5.56 Å². The van der Waals surface area contributed by atoms with Crippen molar-refractivity contribution in [3.05, 3.63) is 70.0 Å². The van der Waals surface area contributed by atoms with Crippen LogP contribution in [0.3, 0.4) is 0 Å². The molecule has 0 aliphatic carbocycles. The molecule has 1 amide bonds. The van der Waals surface area contributed by atoms with Gasteiger partial charge in [-0.15, -0.1) is 5.10 Å². The fraction of sp³-hybridized carbons (Fsp3) is 0.211. The van der Waals surface area contributed by atoms with E-state index in [4.69, 9.17) is 4.74 Å². The van der Waals surface area contributed by atoms with Gasteiger partial charge in [-0.3, -0.25) is 9.59 Å². The van der Waals surface area contributed by atoms with Gasteiger partial charge in [-0.05, 0) is 38.1 Å². The molecule has 0 fully saturated rings. The summed E-state index contributed by atoms with van der Waals surface area (Å²) in [6, 6.07) is 12.9. The van der Waals surface area contributed by atoms with Crippen LogP contribution in [0, 0.1) is 6.92 Å². The van der Waals surface area contributed by atoms with Gasteiger partial charge in [0.1, 0.15) is 11.6 Å². The highest BCUT2D eigenvalue weighted by Crippen LogP contribution is 2.05. The maximum atomic E-state index is 12.3. The molecule has 138 valence electrons. The highest BCUT2D eigenvalue weighted by Gasteiger charge is 2.18. The smallest absolute Gasteiger partial charge is 0.330 e. The van der Waals surface area contributed by atoms with Crippen LogP contribution in [0.1, 0.15) is 22.8 Å². The van der Waals surface area contributed by atoms with Crippen LogP contribution < -0.4 is 10.9 Å². The Bertz CT molecular complexity index is 1060. The Morgan fingerprint density at radius 2 is 1.96 bits per heavy atom. The Kier molecular flexibility index (Phi) is 5.25. The van der Waals surface area contributed by atoms with Crippen molar-refractivity contribution < 1.29 is 14.3 Å². The maximum Gasteiger partial charge on any atom is 0.330 e. The zero-order valence-corrected chi connectivity index (χ0v) is 14.9. The normalized spacial score (nSPS) is 11.8. The van der Waals surface area contributed by atoms with Crippen LogP contribution in [0.25, 0.3) is 10.9 Å². The second kappa shape index (κ2) is 7.77. The Hall–Kier alpha value is -3.55. The molecule has 0 unspecified atom stereocenters. The minimum atomic E-state index is -0.887. The van der Waals surface area contributed by atoms with Crippen LogP contribution >= 0.6 is 0 Å². The summed E-state index contributed by atoms with van der Waals surface area (Å²) < 4.78 is 6.04. The summed E-state index contributed by atoms with van der Waals surface area (Å²) in [5.41, 5.74) is 1.44. The standard InChI is InChI=1S/C19H18N4O4/c1-12-6-5-7-14(10-12)17(24)20-13(2)19(26)27-11-23-18(25)15-8-3-4-9-16(15)21-22-23/h3-10,13H,11H2,1-2H3,(H,20,24)/t13-/m0/s1. The van der Waals surface area contributed by atoms with E-state index in [9.17, 15) is 14.4 Å². The first-order valence-electron chi connectivity index (χ1n) is 8.32. The number of nitrogens with one attached hydrogen (secondary N) is 1. The van der Waals surface area contributed by atoms with Crippen molar-refractivity contribution in [3.8, 4) is 0 Å². The lowest BCUT2D eigenvalue weighted by molar-refractivity contribution is -0.150. The summed E-state index contributed by atoms with van der Waals surface area (Å²) in [7, 11) is 0. The lowest BCUT2D eigenvalue weighted by Crippen LogP contribution is -2.40. The van der Waals surface area contributed by atoms with Gasteiger partial charge in [-0.2, -0.15) is 4.68 Å². The number of hydrogen-bond donors (Lipinski definition) is 1. The number of aromatic nitrogens is 3. The molecular formula is C19H18N4O4. The van der Waals surface area contributed by atoms with Crippen LogP contribution in [0.4, 0.5) is 0 Å². The number of carbonyl (C=O) groups excluding carboxylic acids is 2. The van der Waals surface area contributed by atoms with Crippen LogP contribution in [0.15, 0.2) is 53.3 Å². The summed E-state index contributed by atoms with van der Waals surface area (Å²) in [5.74, 6) is -1.07. The highest BCUT2D eigenvalue weighted by molar-refractivity contribution is 5.96. The Morgan fingerprint density at radius 3 is 2.74 bits per heavy atom. The average Bonchev–Trinajstić information content (AvgIpc) is 2.67. The quantitative estimate of drug-likeness (QED) is 0.685. The van der Waals surface area contributed by atoms with E-state index in [1.807, 2.05) is 13.0 Å². The predicted molar refractivity (Wildman–Crippen MR) is 98.0 cm³/mol. The van der Waals surface area contributed by atoms with Gasteiger partial charge in [0.15, 0.2) is 6.73 Å². The molecule has 0 aliphatic rings. The molecule has 8 heteroatoms. The minimum Gasteiger partial charge on any atom is -0.441 e. The van der Waals surface area contributed by atoms with Gasteiger partial charge < -0.3 is 10.1 Å². The van der Waals surface area contributed by atoms with Gasteiger partial charge in [-0.25, -0.2) is 4.79 Å². The van der Waals surface area contributed by atoms with Crippen LogP contribution in [-0.4, -0.2) is 32.9 Å². The third kappa shape index (κ3) is 4.17. The highest BCUT2D eigenvalue weighted by atomic mass is 16.5. The molecule has 3 rings (SSSR count). The van der Waals surface area contributed by atoms with E-state index in [2.05, 4.69) is 15.6 Å². The summed E-state index contributed by atoms with van der Waals surface area (Å²) in [5, 5.41) is 10.6. The molecular weight excluding hydrogens is 348 g/mol. The van der Waals surface area contributed by atoms with Crippen molar-refractivity contribution in [1.82, 2.24) is 20.3 Å². The van der Waals surface area contributed by atoms with E-state index in [0.717, 1.165) is 10.2 Å². The topological polar surface area (TPSA) is 103 Å². The van der Waals surface area contributed by atoms with Crippen molar-refractivity contribution in [2.45, 2.75) is 26.6 Å². The SMILES string of the molecule is Cc1cccc(C(=O)N[C@@H](C)C(=O)OCn2nnc3ccccc3c2=O)c1. The van der Waals surface area contributed by atoms with Crippen LogP contribution in [-0.2, 0) is 16.3 Å². The number of carbonyl (C=O) groups is 2. The van der Waals surface area contributed by atoms with Gasteiger partial charge in [0.05, 0.1) is 5.39 Å². The lowest BCUT2D eigenvalue weighted by Gasteiger charge is -2.14. The second-order valence-corrected chi connectivity index (χ2v) is 6.07. The Labute approximate surface area is 154 Å². The summed E-state index contributed by atoms with van der Waals surface area (Å²) in [6.07, 6.45) is 0. The third-order valence-electron chi connectivity index (χ3n) is 3.94. The molecule has 0 bridgehead atoms. The van der Waals surface area contributed by atoms with Crippen LogP contribution in [0.5, 0.6) is 0 Å². The molecule has 27 heavy (non-hydrogen) atoms. The van der Waals surface area contributed by atoms with Crippen molar-refractivity contribution in [3.63, 3.8) is 0 Å². The molecule has 1 aromatic heterocycles. The number of esters is 1. The lowest BCUT2D eigenvalue weighted by atomic mass is 10.1. The number of rotatable bonds is 5. The molecule has 0 saturated carbocycles. The van der Waals surface area contributed by atoms with E-state index in [0.29, 0.717) is 16.5 Å². The summed E-state index contributed by atoms with van der Waals surface area (Å²) in [4.78, 5) is 36.6. The molecule has 1 heterocycles. The molecule has 0 aliphatic heterocycles. The number of nitrogens with zero attached hydrogens (tertiary/aromatic N) is 3. The molecule has 1 N–H and O–H groups in total. The number of ether oxygens (including phenoxy) is 1. The van der Waals surface area contributed by atoms with E-state index in [1.165, 1.54) is 6.92 Å². The van der Waals surface area contributed by atoms with Gasteiger partial charge >= 0.3 is 5.97 Å². The first-order valence-corrected chi connectivity index (χ1v) is 8.32. The Morgan fingerprint density at radius 1 is 1.19 bits per heavy atom. The zero-order valence-electron chi connectivity index (χ0n) is 14.9. The second-order valence-electron chi connectivity index (χ2n) is 6.07. The largest absolute Gasteiger partial charge is 0.441 e. The molecule has 3 aromatic rings. The maximum absolute atomic E-state index is 12.3. The Balaban J connectivity index is 1.63. The fourth-order valence-electron chi connectivity index (χ4n) is 2.48. The predicted octanol–water partition coefficient (Wildman–Crippen LogP) is 1.42. The number of amides is 1. The molecule has 0 radical (unpaired) electrons. The molecule has 0 spiro atoms. The third-order valence-corrected chi connectivity index (χ3v) is 3.94. The zero-order chi connectivity index (χ0) is 19.4. The van der Waals surface area contributed by atoms with E-state index >= 15 is 0 Å². The number of aryl methyl sites for hydroxylation is 1. The van der Waals surface area contributed by atoms with E-state index in [1.54, 1.807) is 42.5 Å². The molecule has 1 atom stereocenters. The first-order chi connectivity index (χ1) is 13.0. The van der Waals surface area contributed by atoms with Crippen molar-refractivity contribution in [2.75, 3.05) is 0 Å². The molecule has 2 aromatic carbocycles. The van der Waals surface area contributed by atoms with Crippen molar-refractivity contribution in [2.24, 2.45) is 0 Å². The fourth-order valence-corrected chi connectivity index (χ4v) is 2.48. The van der Waals surface area contributed by atoms with Crippen molar-refractivity contribution in [1.29, 1.82) is 0 Å². The summed E-state index contributed by atoms with van der Waals surface area (Å²) >= 11 is 0. The van der Waals surface area contributed by atoms with Crippen molar-refractivity contribution >= 4 is 22.8 Å². The first kappa shape index (κ1) is 18.2. The number of hydrogen-bond acceptors (Lipinski definition) is 6. The van der Waals surface area contributed by atoms with Gasteiger partial charge in [-0.1, -0.05) is 35.0 Å². The summed E-state index contributed by atoms with van der Waals surface area (Å²) in [6.45, 7) is 2.99. The van der Waals surface area contributed by atoms with Gasteiger partial charge in [0.2, 0.25) is 0 Å². The average molecular weight is 366 g/mol.